The number of rotatable bonds is 5. The lowest BCUT2D eigenvalue weighted by Gasteiger charge is -1.99. The van der Waals surface area contributed by atoms with Crippen molar-refractivity contribution in [2.75, 3.05) is 0 Å². The molecule has 0 bridgehead atoms. The summed E-state index contributed by atoms with van der Waals surface area (Å²) < 4.78 is 0. The predicted molar refractivity (Wildman–Crippen MR) is 85.2 cm³/mol. The summed E-state index contributed by atoms with van der Waals surface area (Å²) in [6, 6.07) is 2.10. The molecule has 0 aliphatic carbocycles. The Kier molecular flexibility index (Phi) is 4.18. The number of carbonyl (C=O) groups is 1. The van der Waals surface area contributed by atoms with Crippen molar-refractivity contribution in [1.82, 2.24) is 15.0 Å². The van der Waals surface area contributed by atoms with Crippen LogP contribution in [-0.2, 0) is 17.0 Å². The van der Waals surface area contributed by atoms with Crippen LogP contribution in [0.5, 0.6) is 0 Å². The average molecular weight is 337 g/mol. The molecule has 0 atom stereocenters. The van der Waals surface area contributed by atoms with Gasteiger partial charge in [0.25, 0.3) is 0 Å². The average Bonchev–Trinajstić information content (AvgIpc) is 3.01. The zero-order chi connectivity index (χ0) is 14.8. The van der Waals surface area contributed by atoms with Crippen LogP contribution in [0.2, 0.25) is 0 Å². The van der Waals surface area contributed by atoms with Crippen LogP contribution in [0.15, 0.2) is 22.8 Å². The van der Waals surface area contributed by atoms with Crippen molar-refractivity contribution in [3.8, 4) is 0 Å². The highest BCUT2D eigenvalue weighted by atomic mass is 32.2. The first kappa shape index (κ1) is 14.4. The summed E-state index contributed by atoms with van der Waals surface area (Å²) in [5.41, 5.74) is 0.613. The van der Waals surface area contributed by atoms with Crippen molar-refractivity contribution in [3.63, 3.8) is 0 Å². The minimum absolute atomic E-state index is 0.0252. The number of aryl methyl sites for hydroxylation is 1. The number of fused-ring (bicyclic) bond motifs is 1. The molecular weight excluding hydrogens is 326 g/mol. The Morgan fingerprint density at radius 2 is 2.29 bits per heavy atom. The van der Waals surface area contributed by atoms with Gasteiger partial charge in [0.15, 0.2) is 0 Å². The van der Waals surface area contributed by atoms with Gasteiger partial charge in [-0.3, -0.25) is 4.79 Å². The van der Waals surface area contributed by atoms with Crippen molar-refractivity contribution < 1.29 is 9.90 Å². The number of carboxylic acids is 1. The molecule has 0 aliphatic rings. The van der Waals surface area contributed by atoms with E-state index in [0.29, 0.717) is 11.4 Å². The summed E-state index contributed by atoms with van der Waals surface area (Å²) in [6.07, 6.45) is 1.56. The molecule has 0 saturated heterocycles. The summed E-state index contributed by atoms with van der Waals surface area (Å²) in [6.45, 7) is 2.06. The van der Waals surface area contributed by atoms with E-state index in [2.05, 4.69) is 27.9 Å². The number of aliphatic carboxylic acids is 1. The Labute approximate surface area is 133 Å². The lowest BCUT2D eigenvalue weighted by atomic mass is 10.3. The van der Waals surface area contributed by atoms with Gasteiger partial charge in [0, 0.05) is 15.6 Å². The van der Waals surface area contributed by atoms with Gasteiger partial charge in [0.05, 0.1) is 17.9 Å². The first-order valence-electron chi connectivity index (χ1n) is 6.11. The van der Waals surface area contributed by atoms with Crippen molar-refractivity contribution in [2.24, 2.45) is 0 Å². The standard InChI is InChI=1S/C13H11N3O2S3/c1-7-2-9-12(14-6-15-13(9)21-7)20-5-10-16-8(4-19-10)3-11(17)18/h2,4,6H,3,5H2,1H3,(H,17,18). The highest BCUT2D eigenvalue weighted by Gasteiger charge is 2.10. The smallest absolute Gasteiger partial charge is 0.309 e. The summed E-state index contributed by atoms with van der Waals surface area (Å²) in [4.78, 5) is 25.8. The third-order valence-electron chi connectivity index (χ3n) is 2.68. The fourth-order valence-electron chi connectivity index (χ4n) is 1.85. The Morgan fingerprint density at radius 1 is 1.43 bits per heavy atom. The van der Waals surface area contributed by atoms with E-state index in [0.717, 1.165) is 20.3 Å². The van der Waals surface area contributed by atoms with Gasteiger partial charge in [0.1, 0.15) is 21.2 Å². The van der Waals surface area contributed by atoms with Gasteiger partial charge < -0.3 is 5.11 Å². The second kappa shape index (κ2) is 6.08. The van der Waals surface area contributed by atoms with E-state index < -0.39 is 5.97 Å². The van der Waals surface area contributed by atoms with Crippen LogP contribution in [0.3, 0.4) is 0 Å². The molecule has 3 rings (SSSR count). The van der Waals surface area contributed by atoms with Crippen LogP contribution in [0, 0.1) is 6.92 Å². The molecule has 3 aromatic rings. The fourth-order valence-corrected chi connectivity index (χ4v) is 4.55. The van der Waals surface area contributed by atoms with Gasteiger partial charge in [0.2, 0.25) is 0 Å². The maximum absolute atomic E-state index is 10.6. The molecule has 0 fully saturated rings. The molecule has 0 aliphatic heterocycles. The van der Waals surface area contributed by atoms with Gasteiger partial charge >= 0.3 is 5.97 Å². The molecule has 0 amide bonds. The van der Waals surface area contributed by atoms with E-state index in [1.54, 1.807) is 34.8 Å². The Bertz CT molecular complexity index is 797. The Morgan fingerprint density at radius 3 is 3.10 bits per heavy atom. The van der Waals surface area contributed by atoms with Gasteiger partial charge in [-0.05, 0) is 13.0 Å². The molecule has 0 radical (unpaired) electrons. The largest absolute Gasteiger partial charge is 0.481 e. The Balaban J connectivity index is 1.74. The van der Waals surface area contributed by atoms with Crippen LogP contribution < -0.4 is 0 Å². The molecule has 5 nitrogen and oxygen atoms in total. The van der Waals surface area contributed by atoms with Crippen LogP contribution in [0.25, 0.3) is 10.2 Å². The lowest BCUT2D eigenvalue weighted by molar-refractivity contribution is -0.136. The molecule has 21 heavy (non-hydrogen) atoms. The predicted octanol–water partition coefficient (Wildman–Crippen LogP) is 3.38. The fraction of sp³-hybridized carbons (Fsp3) is 0.231. The number of thiophene rings is 1. The summed E-state index contributed by atoms with van der Waals surface area (Å²) in [7, 11) is 0. The van der Waals surface area contributed by atoms with Crippen molar-refractivity contribution in [2.45, 2.75) is 24.1 Å². The molecule has 0 saturated carbocycles. The number of hydrogen-bond donors (Lipinski definition) is 1. The number of thioether (sulfide) groups is 1. The van der Waals surface area contributed by atoms with Crippen LogP contribution >= 0.6 is 34.4 Å². The maximum atomic E-state index is 10.6. The second-order valence-electron chi connectivity index (χ2n) is 4.35. The number of hydrogen-bond acceptors (Lipinski definition) is 7. The van der Waals surface area contributed by atoms with Gasteiger partial charge in [-0.25, -0.2) is 15.0 Å². The summed E-state index contributed by atoms with van der Waals surface area (Å²) in [5.74, 6) is -0.170. The van der Waals surface area contributed by atoms with E-state index in [-0.39, 0.29) is 6.42 Å². The van der Waals surface area contributed by atoms with Crippen LogP contribution in [0.1, 0.15) is 15.6 Å². The molecule has 108 valence electrons. The van der Waals surface area contributed by atoms with E-state index in [4.69, 9.17) is 5.11 Å². The summed E-state index contributed by atoms with van der Waals surface area (Å²) in [5, 5.41) is 13.5. The topological polar surface area (TPSA) is 76.0 Å². The molecule has 0 unspecified atom stereocenters. The van der Waals surface area contributed by atoms with Crippen molar-refractivity contribution in [1.29, 1.82) is 0 Å². The second-order valence-corrected chi connectivity index (χ2v) is 7.49. The highest BCUT2D eigenvalue weighted by Crippen LogP contribution is 2.32. The first-order valence-corrected chi connectivity index (χ1v) is 8.79. The molecule has 0 spiro atoms. The molecule has 3 heterocycles. The SMILES string of the molecule is Cc1cc2c(SCc3nc(CC(=O)O)cs3)ncnc2s1. The van der Waals surface area contributed by atoms with Gasteiger partial charge in [-0.1, -0.05) is 11.8 Å². The monoisotopic (exact) mass is 337 g/mol. The third-order valence-corrected chi connectivity index (χ3v) is 5.74. The number of thiazole rings is 1. The normalized spacial score (nSPS) is 11.1. The van der Waals surface area contributed by atoms with E-state index in [1.807, 2.05) is 0 Å². The highest BCUT2D eigenvalue weighted by molar-refractivity contribution is 7.98. The minimum Gasteiger partial charge on any atom is -0.481 e. The van der Waals surface area contributed by atoms with Gasteiger partial charge in [-0.2, -0.15) is 0 Å². The molecule has 3 aromatic heterocycles. The lowest BCUT2D eigenvalue weighted by Crippen LogP contribution is -2.00. The molecule has 8 heteroatoms. The molecular formula is C13H11N3O2S3. The maximum Gasteiger partial charge on any atom is 0.309 e. The van der Waals surface area contributed by atoms with Crippen molar-refractivity contribution in [3.05, 3.63) is 33.4 Å². The third kappa shape index (κ3) is 3.39. The Hall–Kier alpha value is -1.51. The molecule has 0 aromatic carbocycles. The van der Waals surface area contributed by atoms with Gasteiger partial charge in [-0.15, -0.1) is 22.7 Å². The van der Waals surface area contributed by atoms with Crippen LogP contribution in [-0.4, -0.2) is 26.0 Å². The number of nitrogens with zero attached hydrogens (tertiary/aromatic N) is 3. The van der Waals surface area contributed by atoms with E-state index in [1.165, 1.54) is 16.2 Å². The van der Waals surface area contributed by atoms with E-state index in [9.17, 15) is 4.79 Å². The van der Waals surface area contributed by atoms with Crippen molar-refractivity contribution >= 4 is 50.6 Å². The zero-order valence-electron chi connectivity index (χ0n) is 11.1. The summed E-state index contributed by atoms with van der Waals surface area (Å²) >= 11 is 4.75. The number of aromatic nitrogens is 3. The molecule has 1 N–H and O–H groups in total. The quantitative estimate of drug-likeness (QED) is 0.568. The van der Waals surface area contributed by atoms with E-state index >= 15 is 0 Å². The minimum atomic E-state index is -0.856. The zero-order valence-corrected chi connectivity index (χ0v) is 13.5. The van der Waals surface area contributed by atoms with Crippen LogP contribution in [0.4, 0.5) is 0 Å². The number of carboxylic acid groups (broad SMARTS) is 1. The first-order chi connectivity index (χ1) is 10.1.